The van der Waals surface area contributed by atoms with Crippen LogP contribution >= 0.6 is 0 Å². The minimum Gasteiger partial charge on any atom is -0.382 e. The zero-order chi connectivity index (χ0) is 14.9. The van der Waals surface area contributed by atoms with Gasteiger partial charge >= 0.3 is 0 Å². The minimum absolute atomic E-state index is 0.487. The largest absolute Gasteiger partial charge is 0.382 e. The molecule has 0 aromatic heterocycles. The average molecular weight is 291 g/mol. The lowest BCUT2D eigenvalue weighted by atomic mass is 9.78. The van der Waals surface area contributed by atoms with Crippen LogP contribution in [0, 0.1) is 5.92 Å². The minimum atomic E-state index is 0.487. The summed E-state index contributed by atoms with van der Waals surface area (Å²) in [5.41, 5.74) is 3.02. The number of rotatable bonds is 9. The molecule has 2 unspecified atom stereocenters. The van der Waals surface area contributed by atoms with Crippen LogP contribution in [0.3, 0.4) is 0 Å². The van der Waals surface area contributed by atoms with E-state index in [4.69, 9.17) is 9.47 Å². The third-order valence-corrected chi connectivity index (χ3v) is 4.33. The van der Waals surface area contributed by atoms with Crippen molar-refractivity contribution in [3.05, 3.63) is 35.4 Å². The fourth-order valence-corrected chi connectivity index (χ4v) is 3.19. The lowest BCUT2D eigenvalue weighted by Gasteiger charge is -2.34. The molecular weight excluding hydrogens is 262 g/mol. The number of ether oxygens (including phenoxy) is 2. The summed E-state index contributed by atoms with van der Waals surface area (Å²) in [5, 5.41) is 3.75. The van der Waals surface area contributed by atoms with Crippen molar-refractivity contribution in [2.75, 3.05) is 33.5 Å². The van der Waals surface area contributed by atoms with Crippen LogP contribution in [0.15, 0.2) is 24.3 Å². The van der Waals surface area contributed by atoms with E-state index in [1.807, 2.05) is 0 Å². The van der Waals surface area contributed by atoms with Crippen molar-refractivity contribution in [3.8, 4) is 0 Å². The first-order valence-corrected chi connectivity index (χ1v) is 8.24. The number of aryl methyl sites for hydroxylation is 1. The maximum Gasteiger partial charge on any atom is 0.0700 e. The first kappa shape index (κ1) is 16.5. The van der Waals surface area contributed by atoms with Gasteiger partial charge in [-0.25, -0.2) is 0 Å². The standard InChI is InChI=1S/C18H29NO2/c1-3-11-19-18-16(10-12-21-14-13-20-2)9-8-15-6-4-5-7-17(15)18/h4-7,16,18-19H,3,8-14H2,1-2H3. The third kappa shape index (κ3) is 4.80. The molecular formula is C18H29NO2. The van der Waals surface area contributed by atoms with E-state index in [2.05, 4.69) is 36.5 Å². The Balaban J connectivity index is 1.93. The topological polar surface area (TPSA) is 30.5 Å². The highest BCUT2D eigenvalue weighted by Gasteiger charge is 2.28. The normalized spacial score (nSPS) is 21.2. The first-order valence-electron chi connectivity index (χ1n) is 8.24. The predicted octanol–water partition coefficient (Wildman–Crippen LogP) is 3.34. The Morgan fingerprint density at radius 1 is 1.19 bits per heavy atom. The fraction of sp³-hybridized carbons (Fsp3) is 0.667. The number of methoxy groups -OCH3 is 1. The van der Waals surface area contributed by atoms with E-state index in [9.17, 15) is 0 Å². The van der Waals surface area contributed by atoms with Gasteiger partial charge in [-0.2, -0.15) is 0 Å². The molecule has 0 heterocycles. The molecule has 2 atom stereocenters. The zero-order valence-corrected chi connectivity index (χ0v) is 13.4. The number of nitrogens with one attached hydrogen (secondary N) is 1. The summed E-state index contributed by atoms with van der Waals surface area (Å²) in [5.74, 6) is 0.675. The van der Waals surface area contributed by atoms with E-state index in [0.717, 1.165) is 19.6 Å². The van der Waals surface area contributed by atoms with Gasteiger partial charge in [0.05, 0.1) is 13.2 Å². The van der Waals surface area contributed by atoms with Crippen molar-refractivity contribution in [3.63, 3.8) is 0 Å². The second-order valence-electron chi connectivity index (χ2n) is 5.82. The van der Waals surface area contributed by atoms with E-state index in [-0.39, 0.29) is 0 Å². The van der Waals surface area contributed by atoms with Crippen molar-refractivity contribution >= 4 is 0 Å². The van der Waals surface area contributed by atoms with Crippen molar-refractivity contribution in [2.24, 2.45) is 5.92 Å². The Morgan fingerprint density at radius 2 is 2.05 bits per heavy atom. The lowest BCUT2D eigenvalue weighted by molar-refractivity contribution is 0.0596. The van der Waals surface area contributed by atoms with E-state index >= 15 is 0 Å². The van der Waals surface area contributed by atoms with E-state index in [0.29, 0.717) is 25.2 Å². The molecule has 3 heteroatoms. The summed E-state index contributed by atoms with van der Waals surface area (Å²) in [4.78, 5) is 0. The SMILES string of the molecule is CCCNC1c2ccccc2CCC1CCOCCOC. The molecule has 118 valence electrons. The van der Waals surface area contributed by atoms with Gasteiger partial charge in [0.25, 0.3) is 0 Å². The molecule has 1 aliphatic rings. The Bertz CT molecular complexity index is 408. The Labute approximate surface area is 129 Å². The summed E-state index contributed by atoms with van der Waals surface area (Å²) in [6.45, 7) is 5.53. The number of hydrogen-bond acceptors (Lipinski definition) is 3. The van der Waals surface area contributed by atoms with Crippen molar-refractivity contribution in [2.45, 2.75) is 38.6 Å². The van der Waals surface area contributed by atoms with E-state index < -0.39 is 0 Å². The Hall–Kier alpha value is -0.900. The van der Waals surface area contributed by atoms with Gasteiger partial charge in [-0.1, -0.05) is 31.2 Å². The Kier molecular flexibility index (Phi) is 7.20. The van der Waals surface area contributed by atoms with E-state index in [1.165, 1.54) is 30.4 Å². The molecule has 0 spiro atoms. The third-order valence-electron chi connectivity index (χ3n) is 4.33. The summed E-state index contributed by atoms with van der Waals surface area (Å²) in [6, 6.07) is 9.38. The molecule has 21 heavy (non-hydrogen) atoms. The van der Waals surface area contributed by atoms with Gasteiger partial charge in [-0.3, -0.25) is 0 Å². The fourth-order valence-electron chi connectivity index (χ4n) is 3.19. The molecule has 3 nitrogen and oxygen atoms in total. The second kappa shape index (κ2) is 9.19. The summed E-state index contributed by atoms with van der Waals surface area (Å²) in [6.07, 6.45) is 4.75. The molecule has 0 aliphatic heterocycles. The summed E-state index contributed by atoms with van der Waals surface area (Å²) in [7, 11) is 1.71. The van der Waals surface area contributed by atoms with Crippen LogP contribution in [-0.4, -0.2) is 33.5 Å². The molecule has 2 rings (SSSR count). The van der Waals surface area contributed by atoms with Gasteiger partial charge in [0.2, 0.25) is 0 Å². The van der Waals surface area contributed by atoms with Crippen LogP contribution in [0.4, 0.5) is 0 Å². The van der Waals surface area contributed by atoms with Gasteiger partial charge in [0.15, 0.2) is 0 Å². The molecule has 1 aromatic rings. The van der Waals surface area contributed by atoms with Crippen LogP contribution in [0.1, 0.15) is 43.4 Å². The predicted molar refractivity (Wildman–Crippen MR) is 86.6 cm³/mol. The molecule has 0 saturated carbocycles. The monoisotopic (exact) mass is 291 g/mol. The average Bonchev–Trinajstić information content (AvgIpc) is 2.53. The van der Waals surface area contributed by atoms with Crippen molar-refractivity contribution in [1.29, 1.82) is 0 Å². The molecule has 1 N–H and O–H groups in total. The van der Waals surface area contributed by atoms with Crippen LogP contribution in [0.5, 0.6) is 0 Å². The summed E-state index contributed by atoms with van der Waals surface area (Å²) >= 11 is 0. The van der Waals surface area contributed by atoms with Crippen molar-refractivity contribution < 1.29 is 9.47 Å². The van der Waals surface area contributed by atoms with Crippen LogP contribution in [0.2, 0.25) is 0 Å². The number of hydrogen-bond donors (Lipinski definition) is 1. The summed E-state index contributed by atoms with van der Waals surface area (Å²) < 4.78 is 10.7. The van der Waals surface area contributed by atoms with Crippen LogP contribution in [-0.2, 0) is 15.9 Å². The zero-order valence-electron chi connectivity index (χ0n) is 13.4. The quantitative estimate of drug-likeness (QED) is 0.708. The number of benzene rings is 1. The molecule has 0 amide bonds. The maximum absolute atomic E-state index is 5.66. The highest BCUT2D eigenvalue weighted by Crippen LogP contribution is 2.36. The van der Waals surface area contributed by atoms with Gasteiger partial charge in [0.1, 0.15) is 0 Å². The molecule has 0 radical (unpaired) electrons. The lowest BCUT2D eigenvalue weighted by Crippen LogP contribution is -2.33. The smallest absolute Gasteiger partial charge is 0.0700 e. The van der Waals surface area contributed by atoms with Gasteiger partial charge < -0.3 is 14.8 Å². The molecule has 0 bridgehead atoms. The molecule has 0 saturated heterocycles. The highest BCUT2D eigenvalue weighted by atomic mass is 16.5. The Morgan fingerprint density at radius 3 is 2.86 bits per heavy atom. The van der Waals surface area contributed by atoms with Crippen LogP contribution < -0.4 is 5.32 Å². The van der Waals surface area contributed by atoms with Crippen molar-refractivity contribution in [1.82, 2.24) is 5.32 Å². The molecule has 1 aliphatic carbocycles. The first-order chi connectivity index (χ1) is 10.4. The molecule has 1 aromatic carbocycles. The maximum atomic E-state index is 5.66. The highest BCUT2D eigenvalue weighted by molar-refractivity contribution is 5.33. The second-order valence-corrected chi connectivity index (χ2v) is 5.82. The molecule has 0 fully saturated rings. The van der Waals surface area contributed by atoms with E-state index in [1.54, 1.807) is 7.11 Å². The van der Waals surface area contributed by atoms with Gasteiger partial charge in [0, 0.05) is 19.8 Å². The van der Waals surface area contributed by atoms with Crippen LogP contribution in [0.25, 0.3) is 0 Å². The number of fused-ring (bicyclic) bond motifs is 1. The van der Waals surface area contributed by atoms with Gasteiger partial charge in [-0.15, -0.1) is 0 Å². The van der Waals surface area contributed by atoms with Gasteiger partial charge in [-0.05, 0) is 49.3 Å².